The highest BCUT2D eigenvalue weighted by atomic mass is 35.5. The standard InChI is InChI=1S/C20H21ClN2O4/c1-14-12-23(9-10-26-14)20(25)15-3-2-4-17(11-15)22-19(24)13-27-18-7-5-16(21)6-8-18/h2-8,11,14H,9-10,12-13H2,1H3,(H,22,24). The zero-order valence-electron chi connectivity index (χ0n) is 15.0. The largest absolute Gasteiger partial charge is 0.484 e. The van der Waals surface area contributed by atoms with Gasteiger partial charge in [-0.25, -0.2) is 0 Å². The molecule has 2 aromatic rings. The molecule has 1 N–H and O–H groups in total. The zero-order chi connectivity index (χ0) is 19.2. The summed E-state index contributed by atoms with van der Waals surface area (Å²) in [6, 6.07) is 13.7. The fraction of sp³-hybridized carbons (Fsp3) is 0.300. The molecule has 3 rings (SSSR count). The minimum Gasteiger partial charge on any atom is -0.484 e. The lowest BCUT2D eigenvalue weighted by atomic mass is 10.1. The van der Waals surface area contributed by atoms with Gasteiger partial charge in [0, 0.05) is 29.4 Å². The number of amides is 2. The maximum Gasteiger partial charge on any atom is 0.262 e. The van der Waals surface area contributed by atoms with Gasteiger partial charge in [-0.05, 0) is 49.4 Å². The molecule has 1 heterocycles. The minimum atomic E-state index is -0.311. The first-order valence-electron chi connectivity index (χ1n) is 8.70. The van der Waals surface area contributed by atoms with Crippen molar-refractivity contribution in [1.29, 1.82) is 0 Å². The lowest BCUT2D eigenvalue weighted by Crippen LogP contribution is -2.44. The number of hydrogen-bond donors (Lipinski definition) is 1. The molecular weight excluding hydrogens is 368 g/mol. The van der Waals surface area contributed by atoms with Crippen LogP contribution >= 0.6 is 11.6 Å². The SMILES string of the molecule is CC1CN(C(=O)c2cccc(NC(=O)COc3ccc(Cl)cc3)c2)CCO1. The molecule has 1 saturated heterocycles. The normalized spacial score (nSPS) is 16.7. The molecule has 27 heavy (non-hydrogen) atoms. The Bertz CT molecular complexity index is 810. The number of ether oxygens (including phenoxy) is 2. The average Bonchev–Trinajstić information content (AvgIpc) is 2.67. The molecule has 2 aromatic carbocycles. The summed E-state index contributed by atoms with van der Waals surface area (Å²) in [6.45, 7) is 3.46. The first-order chi connectivity index (χ1) is 13.0. The maximum atomic E-state index is 12.6. The Hall–Kier alpha value is -2.57. The number of rotatable bonds is 5. The quantitative estimate of drug-likeness (QED) is 0.854. The van der Waals surface area contributed by atoms with E-state index >= 15 is 0 Å². The van der Waals surface area contributed by atoms with E-state index in [0.717, 1.165) is 0 Å². The van der Waals surface area contributed by atoms with Crippen molar-refractivity contribution >= 4 is 29.1 Å². The molecule has 0 bridgehead atoms. The van der Waals surface area contributed by atoms with E-state index in [4.69, 9.17) is 21.1 Å². The molecule has 1 aliphatic rings. The zero-order valence-corrected chi connectivity index (χ0v) is 15.7. The molecule has 1 aliphatic heterocycles. The van der Waals surface area contributed by atoms with Crippen LogP contribution in [0, 0.1) is 0 Å². The topological polar surface area (TPSA) is 67.9 Å². The second-order valence-electron chi connectivity index (χ2n) is 6.30. The second kappa shape index (κ2) is 8.88. The highest BCUT2D eigenvalue weighted by Crippen LogP contribution is 2.17. The van der Waals surface area contributed by atoms with Crippen LogP contribution in [0.3, 0.4) is 0 Å². The van der Waals surface area contributed by atoms with Gasteiger partial charge in [-0.3, -0.25) is 9.59 Å². The van der Waals surface area contributed by atoms with Gasteiger partial charge in [-0.2, -0.15) is 0 Å². The van der Waals surface area contributed by atoms with Crippen molar-refractivity contribution in [3.63, 3.8) is 0 Å². The van der Waals surface area contributed by atoms with Gasteiger partial charge < -0.3 is 19.7 Å². The molecule has 0 radical (unpaired) electrons. The summed E-state index contributed by atoms with van der Waals surface area (Å²) in [6.07, 6.45) is 0.0237. The lowest BCUT2D eigenvalue weighted by molar-refractivity contribution is -0.118. The van der Waals surface area contributed by atoms with E-state index in [9.17, 15) is 9.59 Å². The van der Waals surface area contributed by atoms with Crippen LogP contribution in [0.4, 0.5) is 5.69 Å². The Morgan fingerprint density at radius 2 is 2.04 bits per heavy atom. The van der Waals surface area contributed by atoms with E-state index in [1.807, 2.05) is 6.92 Å². The Morgan fingerprint density at radius 3 is 2.78 bits per heavy atom. The number of morpholine rings is 1. The van der Waals surface area contributed by atoms with E-state index in [0.29, 0.717) is 41.7 Å². The van der Waals surface area contributed by atoms with Crippen molar-refractivity contribution < 1.29 is 19.1 Å². The minimum absolute atomic E-state index is 0.0237. The highest BCUT2D eigenvalue weighted by molar-refractivity contribution is 6.30. The van der Waals surface area contributed by atoms with Crippen molar-refractivity contribution in [3.8, 4) is 5.75 Å². The van der Waals surface area contributed by atoms with Crippen LogP contribution in [0.25, 0.3) is 0 Å². The smallest absolute Gasteiger partial charge is 0.262 e. The van der Waals surface area contributed by atoms with Crippen molar-refractivity contribution in [2.45, 2.75) is 13.0 Å². The molecule has 6 nitrogen and oxygen atoms in total. The Balaban J connectivity index is 1.57. The fourth-order valence-electron chi connectivity index (χ4n) is 2.79. The van der Waals surface area contributed by atoms with Crippen LogP contribution in [0.5, 0.6) is 5.75 Å². The van der Waals surface area contributed by atoms with Gasteiger partial charge in [0.1, 0.15) is 5.75 Å². The number of anilines is 1. The summed E-state index contributed by atoms with van der Waals surface area (Å²) < 4.78 is 10.9. The number of hydrogen-bond acceptors (Lipinski definition) is 4. The molecular formula is C20H21ClN2O4. The predicted octanol–water partition coefficient (Wildman–Crippen LogP) is 3.22. The first-order valence-corrected chi connectivity index (χ1v) is 9.08. The molecule has 1 atom stereocenters. The van der Waals surface area contributed by atoms with Gasteiger partial charge in [0.15, 0.2) is 6.61 Å². The van der Waals surface area contributed by atoms with E-state index in [2.05, 4.69) is 5.32 Å². The molecule has 0 saturated carbocycles. The second-order valence-corrected chi connectivity index (χ2v) is 6.74. The van der Waals surface area contributed by atoms with Gasteiger partial charge in [-0.1, -0.05) is 17.7 Å². The number of carbonyl (C=O) groups is 2. The maximum absolute atomic E-state index is 12.6. The highest BCUT2D eigenvalue weighted by Gasteiger charge is 2.22. The summed E-state index contributed by atoms with van der Waals surface area (Å²) >= 11 is 5.81. The molecule has 2 amide bonds. The number of nitrogens with zero attached hydrogens (tertiary/aromatic N) is 1. The molecule has 0 aromatic heterocycles. The van der Waals surface area contributed by atoms with Gasteiger partial charge in [-0.15, -0.1) is 0 Å². The predicted molar refractivity (Wildman–Crippen MR) is 103 cm³/mol. The Morgan fingerprint density at radius 1 is 1.26 bits per heavy atom. The molecule has 1 unspecified atom stereocenters. The van der Waals surface area contributed by atoms with E-state index < -0.39 is 0 Å². The van der Waals surface area contributed by atoms with Crippen LogP contribution in [-0.2, 0) is 9.53 Å². The molecule has 0 spiro atoms. The van der Waals surface area contributed by atoms with E-state index in [1.54, 1.807) is 53.4 Å². The molecule has 0 aliphatic carbocycles. The Labute approximate surface area is 163 Å². The summed E-state index contributed by atoms with van der Waals surface area (Å²) in [5.41, 5.74) is 1.08. The summed E-state index contributed by atoms with van der Waals surface area (Å²) in [7, 11) is 0. The molecule has 142 valence electrons. The number of carbonyl (C=O) groups excluding carboxylic acids is 2. The van der Waals surface area contributed by atoms with Gasteiger partial charge in [0.05, 0.1) is 12.7 Å². The number of halogens is 1. The third-order valence-corrected chi connectivity index (χ3v) is 4.36. The van der Waals surface area contributed by atoms with Crippen molar-refractivity contribution in [3.05, 3.63) is 59.1 Å². The van der Waals surface area contributed by atoms with Gasteiger partial charge in [0.25, 0.3) is 11.8 Å². The van der Waals surface area contributed by atoms with E-state index in [-0.39, 0.29) is 24.5 Å². The van der Waals surface area contributed by atoms with Crippen LogP contribution in [0.1, 0.15) is 17.3 Å². The lowest BCUT2D eigenvalue weighted by Gasteiger charge is -2.31. The van der Waals surface area contributed by atoms with Crippen LogP contribution < -0.4 is 10.1 Å². The van der Waals surface area contributed by atoms with Crippen LogP contribution in [0.15, 0.2) is 48.5 Å². The Kier molecular flexibility index (Phi) is 6.32. The monoisotopic (exact) mass is 388 g/mol. The third kappa shape index (κ3) is 5.45. The number of benzene rings is 2. The summed E-state index contributed by atoms with van der Waals surface area (Å²) in [5, 5.41) is 3.35. The fourth-order valence-corrected chi connectivity index (χ4v) is 2.92. The summed E-state index contributed by atoms with van der Waals surface area (Å²) in [4.78, 5) is 26.5. The van der Waals surface area contributed by atoms with Gasteiger partial charge >= 0.3 is 0 Å². The summed E-state index contributed by atoms with van der Waals surface area (Å²) in [5.74, 6) is 0.174. The van der Waals surface area contributed by atoms with Crippen LogP contribution in [0.2, 0.25) is 5.02 Å². The third-order valence-electron chi connectivity index (χ3n) is 4.11. The average molecular weight is 389 g/mol. The molecule has 1 fully saturated rings. The van der Waals surface area contributed by atoms with Gasteiger partial charge in [0.2, 0.25) is 0 Å². The van der Waals surface area contributed by atoms with E-state index in [1.165, 1.54) is 0 Å². The van der Waals surface area contributed by atoms with Crippen LogP contribution in [-0.4, -0.2) is 49.1 Å². The van der Waals surface area contributed by atoms with Crippen molar-refractivity contribution in [2.75, 3.05) is 31.6 Å². The molecule has 7 heteroatoms. The number of nitrogens with one attached hydrogen (secondary N) is 1. The van der Waals surface area contributed by atoms with Crippen molar-refractivity contribution in [2.24, 2.45) is 0 Å². The first kappa shape index (κ1) is 19.2. The van der Waals surface area contributed by atoms with Crippen molar-refractivity contribution in [1.82, 2.24) is 4.90 Å².